The van der Waals surface area contributed by atoms with E-state index in [2.05, 4.69) is 6.07 Å². The van der Waals surface area contributed by atoms with E-state index in [1.165, 1.54) is 12.1 Å². The highest BCUT2D eigenvalue weighted by molar-refractivity contribution is 6.01. The number of allylic oxidation sites excluding steroid dienone is 1. The molecule has 2 aromatic rings. The number of carboxylic acid groups (broad SMARTS) is 1. The van der Waals surface area contributed by atoms with Crippen molar-refractivity contribution >= 4 is 17.2 Å². The van der Waals surface area contributed by atoms with Gasteiger partial charge in [0.1, 0.15) is 5.82 Å². The second-order valence-corrected chi connectivity index (χ2v) is 6.25. The fourth-order valence-corrected chi connectivity index (χ4v) is 3.37. The summed E-state index contributed by atoms with van der Waals surface area (Å²) in [6.45, 7) is 4.08. The van der Waals surface area contributed by atoms with Crippen molar-refractivity contribution in [2.75, 3.05) is 11.5 Å². The second kappa shape index (κ2) is 7.60. The van der Waals surface area contributed by atoms with Crippen LogP contribution >= 0.6 is 0 Å². The largest absolute Gasteiger partial charge is 0.478 e. The number of benzene rings is 2. The van der Waals surface area contributed by atoms with E-state index in [1.807, 2.05) is 0 Å². The lowest BCUT2D eigenvalue weighted by Crippen LogP contribution is -2.43. The minimum absolute atomic E-state index is 0.144. The van der Waals surface area contributed by atoms with E-state index < -0.39 is 12.2 Å². The Bertz CT molecular complexity index is 962. The number of rotatable bonds is 5. The maximum Gasteiger partial charge on any atom is 0.336 e. The summed E-state index contributed by atoms with van der Waals surface area (Å²) in [5, 5.41) is 19.1. The first-order chi connectivity index (χ1) is 13.0. The molecule has 0 saturated carbocycles. The van der Waals surface area contributed by atoms with Gasteiger partial charge >= 0.3 is 5.97 Å². The summed E-state index contributed by atoms with van der Waals surface area (Å²) in [5.41, 5.74) is 3.29. The molecule has 1 aliphatic heterocycles. The number of nitriles is 1. The zero-order chi connectivity index (χ0) is 19.6. The number of anilines is 1. The number of hydrogen-bond acceptors (Lipinski definition) is 4. The number of ether oxygens (including phenoxy) is 1. The number of hydrogen-bond donors (Lipinski definition) is 1. The standard InChI is InChI=1S/C21H19FN2O3/c1-3-27-20-19(21(25)26)13(2)17-8-7-14(11-23)10-18(17)24(20)12-15-5-4-6-16(22)9-15/h4-10,20H,3,12H2,1-2H3,(H,25,26). The molecule has 0 spiro atoms. The molecule has 0 radical (unpaired) electrons. The summed E-state index contributed by atoms with van der Waals surface area (Å²) in [4.78, 5) is 13.7. The topological polar surface area (TPSA) is 73.6 Å². The fraction of sp³-hybridized carbons (Fsp3) is 0.238. The van der Waals surface area contributed by atoms with Crippen LogP contribution in [-0.2, 0) is 16.1 Å². The van der Waals surface area contributed by atoms with Crippen LogP contribution in [0.3, 0.4) is 0 Å². The maximum atomic E-state index is 13.7. The van der Waals surface area contributed by atoms with Crippen molar-refractivity contribution in [3.05, 3.63) is 70.5 Å². The van der Waals surface area contributed by atoms with Crippen LogP contribution in [0.2, 0.25) is 0 Å². The molecule has 0 bridgehead atoms. The molecular formula is C21H19FN2O3. The number of carboxylic acids is 1. The lowest BCUT2D eigenvalue weighted by atomic mass is 9.91. The van der Waals surface area contributed by atoms with Crippen LogP contribution in [0.1, 0.15) is 30.5 Å². The summed E-state index contributed by atoms with van der Waals surface area (Å²) in [5.74, 6) is -1.43. The van der Waals surface area contributed by atoms with Gasteiger partial charge in [0, 0.05) is 24.4 Å². The van der Waals surface area contributed by atoms with Gasteiger partial charge in [-0.15, -0.1) is 0 Å². The normalized spacial score (nSPS) is 16.1. The molecular weight excluding hydrogens is 347 g/mol. The SMILES string of the molecule is CCOC1C(C(=O)O)=C(C)c2ccc(C#N)cc2N1Cc1cccc(F)c1. The van der Waals surface area contributed by atoms with Crippen molar-refractivity contribution in [2.45, 2.75) is 26.6 Å². The molecule has 1 unspecified atom stereocenters. The average Bonchev–Trinajstić information content (AvgIpc) is 2.64. The van der Waals surface area contributed by atoms with Gasteiger partial charge < -0.3 is 14.7 Å². The van der Waals surface area contributed by atoms with Crippen molar-refractivity contribution in [3.63, 3.8) is 0 Å². The van der Waals surface area contributed by atoms with Gasteiger partial charge in [0.15, 0.2) is 6.23 Å². The quantitative estimate of drug-likeness (QED) is 0.868. The van der Waals surface area contributed by atoms with E-state index in [-0.39, 0.29) is 17.9 Å². The predicted molar refractivity (Wildman–Crippen MR) is 99.4 cm³/mol. The minimum Gasteiger partial charge on any atom is -0.478 e. The van der Waals surface area contributed by atoms with Crippen molar-refractivity contribution in [1.82, 2.24) is 0 Å². The zero-order valence-electron chi connectivity index (χ0n) is 15.1. The van der Waals surface area contributed by atoms with Gasteiger partial charge in [-0.25, -0.2) is 9.18 Å². The van der Waals surface area contributed by atoms with Crippen LogP contribution < -0.4 is 4.90 Å². The molecule has 0 saturated heterocycles. The minimum atomic E-state index is -1.06. The highest BCUT2D eigenvalue weighted by atomic mass is 19.1. The first kappa shape index (κ1) is 18.6. The van der Waals surface area contributed by atoms with Gasteiger partial charge in [-0.3, -0.25) is 0 Å². The Morgan fingerprint density at radius 2 is 2.11 bits per heavy atom. The Balaban J connectivity index is 2.19. The van der Waals surface area contributed by atoms with Crippen molar-refractivity contribution in [3.8, 4) is 6.07 Å². The van der Waals surface area contributed by atoms with E-state index in [1.54, 1.807) is 49.1 Å². The van der Waals surface area contributed by atoms with Crippen molar-refractivity contribution < 1.29 is 19.0 Å². The molecule has 6 heteroatoms. The molecule has 0 fully saturated rings. The lowest BCUT2D eigenvalue weighted by molar-refractivity contribution is -0.134. The molecule has 0 amide bonds. The number of carbonyl (C=O) groups is 1. The van der Waals surface area contributed by atoms with Gasteiger partial charge in [-0.2, -0.15) is 5.26 Å². The highest BCUT2D eigenvalue weighted by Crippen LogP contribution is 2.40. The number of nitrogens with zero attached hydrogens (tertiary/aromatic N) is 2. The first-order valence-electron chi connectivity index (χ1n) is 8.57. The maximum absolute atomic E-state index is 13.7. The summed E-state index contributed by atoms with van der Waals surface area (Å²) >= 11 is 0. The Kier molecular flexibility index (Phi) is 5.24. The fourth-order valence-electron chi connectivity index (χ4n) is 3.37. The van der Waals surface area contributed by atoms with Gasteiger partial charge in [0.25, 0.3) is 0 Å². The summed E-state index contributed by atoms with van der Waals surface area (Å²) in [7, 11) is 0. The third-order valence-corrected chi connectivity index (χ3v) is 4.57. The van der Waals surface area contributed by atoms with Crippen LogP contribution in [-0.4, -0.2) is 23.9 Å². The first-order valence-corrected chi connectivity index (χ1v) is 8.57. The Morgan fingerprint density at radius 1 is 1.33 bits per heavy atom. The molecule has 5 nitrogen and oxygen atoms in total. The van der Waals surface area contributed by atoms with Gasteiger partial charge in [0.2, 0.25) is 0 Å². The summed E-state index contributed by atoms with van der Waals surface area (Å²) in [6, 6.07) is 13.4. The number of aliphatic carboxylic acids is 1. The predicted octanol–water partition coefficient (Wildman–Crippen LogP) is 3.94. The zero-order valence-corrected chi connectivity index (χ0v) is 15.1. The van der Waals surface area contributed by atoms with Crippen LogP contribution in [0.4, 0.5) is 10.1 Å². The second-order valence-electron chi connectivity index (χ2n) is 6.25. The van der Waals surface area contributed by atoms with E-state index in [0.717, 1.165) is 5.56 Å². The highest BCUT2D eigenvalue weighted by Gasteiger charge is 2.36. The molecule has 0 aliphatic carbocycles. The van der Waals surface area contributed by atoms with Crippen molar-refractivity contribution in [2.24, 2.45) is 0 Å². The number of halogens is 1. The monoisotopic (exact) mass is 366 g/mol. The summed E-state index contributed by atoms with van der Waals surface area (Å²) < 4.78 is 19.4. The molecule has 1 atom stereocenters. The molecule has 3 rings (SSSR count). The molecule has 0 aromatic heterocycles. The van der Waals surface area contributed by atoms with Crippen LogP contribution in [0.15, 0.2) is 48.0 Å². The van der Waals surface area contributed by atoms with Crippen LogP contribution in [0.25, 0.3) is 5.57 Å². The third-order valence-electron chi connectivity index (χ3n) is 4.57. The number of fused-ring (bicyclic) bond motifs is 1. The molecule has 1 aliphatic rings. The van der Waals surface area contributed by atoms with E-state index in [0.29, 0.717) is 29.0 Å². The molecule has 2 aromatic carbocycles. The van der Waals surface area contributed by atoms with E-state index in [4.69, 9.17) is 4.74 Å². The Morgan fingerprint density at radius 3 is 2.74 bits per heavy atom. The third kappa shape index (κ3) is 3.55. The van der Waals surface area contributed by atoms with Gasteiger partial charge in [-0.1, -0.05) is 18.2 Å². The van der Waals surface area contributed by atoms with Crippen LogP contribution in [0, 0.1) is 17.1 Å². The molecule has 138 valence electrons. The summed E-state index contributed by atoms with van der Waals surface area (Å²) in [6.07, 6.45) is -0.836. The van der Waals surface area contributed by atoms with Crippen LogP contribution in [0.5, 0.6) is 0 Å². The van der Waals surface area contributed by atoms with Gasteiger partial charge in [0.05, 0.1) is 17.2 Å². The molecule has 1 heterocycles. The Labute approximate surface area is 156 Å². The Hall–Kier alpha value is -3.17. The van der Waals surface area contributed by atoms with E-state index in [9.17, 15) is 19.6 Å². The average molecular weight is 366 g/mol. The lowest BCUT2D eigenvalue weighted by Gasteiger charge is -2.39. The van der Waals surface area contributed by atoms with Crippen molar-refractivity contribution in [1.29, 1.82) is 5.26 Å². The smallest absolute Gasteiger partial charge is 0.336 e. The molecule has 1 N–H and O–H groups in total. The van der Waals surface area contributed by atoms with E-state index >= 15 is 0 Å². The van der Waals surface area contributed by atoms with Gasteiger partial charge in [-0.05, 0) is 49.2 Å². The molecule has 27 heavy (non-hydrogen) atoms.